The molecule has 0 saturated carbocycles. The first-order valence-corrected chi connectivity index (χ1v) is 6.18. The van der Waals surface area contributed by atoms with Gasteiger partial charge in [-0.05, 0) is 31.0 Å². The van der Waals surface area contributed by atoms with E-state index in [-0.39, 0.29) is 0 Å². The zero-order chi connectivity index (χ0) is 12.4. The Kier molecular flexibility index (Phi) is 3.33. The van der Waals surface area contributed by atoms with Crippen LogP contribution in [0.1, 0.15) is 11.1 Å². The zero-order valence-corrected chi connectivity index (χ0v) is 11.2. The Bertz CT molecular complexity index is 534. The average molecular weight is 249 g/mol. The lowest BCUT2D eigenvalue weighted by Gasteiger charge is -2.10. The van der Waals surface area contributed by atoms with E-state index in [9.17, 15) is 0 Å². The molecule has 0 fully saturated rings. The van der Waals surface area contributed by atoms with Crippen molar-refractivity contribution in [3.05, 3.63) is 28.6 Å². The number of aryl methyl sites for hydroxylation is 2. The summed E-state index contributed by atoms with van der Waals surface area (Å²) >= 11 is 1.49. The van der Waals surface area contributed by atoms with Crippen LogP contribution in [0.2, 0.25) is 0 Å². The van der Waals surface area contributed by atoms with E-state index in [2.05, 4.69) is 24.0 Å². The van der Waals surface area contributed by atoms with E-state index < -0.39 is 0 Å². The third-order valence-electron chi connectivity index (χ3n) is 2.56. The number of ether oxygens (including phenoxy) is 2. The van der Waals surface area contributed by atoms with Gasteiger partial charge in [0.15, 0.2) is 0 Å². The number of benzene rings is 1. The molecule has 3 nitrogen and oxygen atoms in total. The average Bonchev–Trinajstić information content (AvgIpc) is 2.76. The fourth-order valence-corrected chi connectivity index (χ4v) is 2.53. The van der Waals surface area contributed by atoms with Gasteiger partial charge in [0, 0.05) is 10.9 Å². The molecule has 0 aliphatic heterocycles. The highest BCUT2D eigenvalue weighted by molar-refractivity contribution is 7.11. The van der Waals surface area contributed by atoms with Gasteiger partial charge in [0.25, 0.3) is 5.19 Å². The Morgan fingerprint density at radius 1 is 1.12 bits per heavy atom. The van der Waals surface area contributed by atoms with Crippen molar-refractivity contribution in [2.75, 3.05) is 14.2 Å². The summed E-state index contributed by atoms with van der Waals surface area (Å²) in [6, 6.07) is 4.19. The van der Waals surface area contributed by atoms with E-state index in [1.807, 2.05) is 12.3 Å². The number of aromatic nitrogens is 1. The molecule has 0 aliphatic carbocycles. The highest BCUT2D eigenvalue weighted by Gasteiger charge is 2.13. The summed E-state index contributed by atoms with van der Waals surface area (Å²) < 4.78 is 10.6. The van der Waals surface area contributed by atoms with Crippen LogP contribution in [0.15, 0.2) is 17.5 Å². The summed E-state index contributed by atoms with van der Waals surface area (Å²) in [4.78, 5) is 4.41. The Hall–Kier alpha value is -1.55. The van der Waals surface area contributed by atoms with Crippen molar-refractivity contribution in [2.24, 2.45) is 0 Å². The molecule has 0 unspecified atom stereocenters. The van der Waals surface area contributed by atoms with Crippen molar-refractivity contribution in [2.45, 2.75) is 13.8 Å². The fraction of sp³-hybridized carbons (Fsp3) is 0.308. The first-order valence-electron chi connectivity index (χ1n) is 5.31. The Labute approximate surface area is 105 Å². The summed E-state index contributed by atoms with van der Waals surface area (Å²) in [5.41, 5.74) is 4.24. The summed E-state index contributed by atoms with van der Waals surface area (Å²) in [5.74, 6) is 0.878. The van der Waals surface area contributed by atoms with Crippen LogP contribution in [0.4, 0.5) is 0 Å². The van der Waals surface area contributed by atoms with Gasteiger partial charge in [0.05, 0.1) is 19.9 Å². The van der Waals surface area contributed by atoms with Gasteiger partial charge in [-0.1, -0.05) is 17.4 Å². The molecular weight excluding hydrogens is 234 g/mol. The lowest BCUT2D eigenvalue weighted by Crippen LogP contribution is -1.93. The van der Waals surface area contributed by atoms with Gasteiger partial charge in [0.2, 0.25) is 0 Å². The van der Waals surface area contributed by atoms with Crippen LogP contribution in [0.25, 0.3) is 11.3 Å². The van der Waals surface area contributed by atoms with Gasteiger partial charge in [-0.2, -0.15) is 0 Å². The van der Waals surface area contributed by atoms with Crippen molar-refractivity contribution in [3.8, 4) is 22.2 Å². The molecule has 0 atom stereocenters. The third kappa shape index (κ3) is 2.26. The maximum absolute atomic E-state index is 5.45. The topological polar surface area (TPSA) is 31.4 Å². The molecule has 0 saturated heterocycles. The normalized spacial score (nSPS) is 10.4. The predicted molar refractivity (Wildman–Crippen MR) is 70.1 cm³/mol. The molecule has 0 bridgehead atoms. The van der Waals surface area contributed by atoms with E-state index >= 15 is 0 Å². The SMILES string of the molecule is COc1nc(-c2cc(C)cc(C)c2OC)cs1. The molecule has 1 aromatic heterocycles. The third-order valence-corrected chi connectivity index (χ3v) is 3.36. The Morgan fingerprint density at radius 3 is 2.47 bits per heavy atom. The minimum atomic E-state index is 0.668. The number of thiazole rings is 1. The van der Waals surface area contributed by atoms with Gasteiger partial charge < -0.3 is 9.47 Å². The van der Waals surface area contributed by atoms with Crippen LogP contribution < -0.4 is 9.47 Å². The monoisotopic (exact) mass is 249 g/mol. The Morgan fingerprint density at radius 2 is 1.88 bits per heavy atom. The van der Waals surface area contributed by atoms with Crippen molar-refractivity contribution < 1.29 is 9.47 Å². The van der Waals surface area contributed by atoms with Crippen LogP contribution in [-0.4, -0.2) is 19.2 Å². The van der Waals surface area contributed by atoms with Crippen LogP contribution >= 0.6 is 11.3 Å². The van der Waals surface area contributed by atoms with E-state index in [0.717, 1.165) is 22.6 Å². The molecule has 2 aromatic rings. The summed E-state index contributed by atoms with van der Waals surface area (Å²) in [6.45, 7) is 4.11. The maximum Gasteiger partial charge on any atom is 0.273 e. The summed E-state index contributed by atoms with van der Waals surface area (Å²) in [6.07, 6.45) is 0. The molecule has 0 amide bonds. The molecule has 0 spiro atoms. The second kappa shape index (κ2) is 4.75. The van der Waals surface area contributed by atoms with Crippen molar-refractivity contribution >= 4 is 11.3 Å². The molecular formula is C13H15NO2S. The second-order valence-corrected chi connectivity index (χ2v) is 4.69. The van der Waals surface area contributed by atoms with Gasteiger partial charge in [-0.3, -0.25) is 0 Å². The van der Waals surface area contributed by atoms with Gasteiger partial charge in [0.1, 0.15) is 5.75 Å². The fourth-order valence-electron chi connectivity index (χ4n) is 1.89. The van der Waals surface area contributed by atoms with E-state index in [1.165, 1.54) is 16.9 Å². The van der Waals surface area contributed by atoms with E-state index in [4.69, 9.17) is 9.47 Å². The van der Waals surface area contributed by atoms with Crippen molar-refractivity contribution in [1.29, 1.82) is 0 Å². The van der Waals surface area contributed by atoms with E-state index in [1.54, 1.807) is 14.2 Å². The minimum absolute atomic E-state index is 0.668. The molecule has 90 valence electrons. The van der Waals surface area contributed by atoms with Gasteiger partial charge in [-0.25, -0.2) is 4.98 Å². The van der Waals surface area contributed by atoms with Gasteiger partial charge >= 0.3 is 0 Å². The molecule has 0 radical (unpaired) electrons. The molecule has 17 heavy (non-hydrogen) atoms. The number of rotatable bonds is 3. The van der Waals surface area contributed by atoms with Crippen LogP contribution in [0.5, 0.6) is 10.9 Å². The number of nitrogens with zero attached hydrogens (tertiary/aromatic N) is 1. The van der Waals surface area contributed by atoms with Crippen LogP contribution in [-0.2, 0) is 0 Å². The first kappa shape index (κ1) is 11.9. The van der Waals surface area contributed by atoms with Crippen LogP contribution in [0, 0.1) is 13.8 Å². The predicted octanol–water partition coefficient (Wildman–Crippen LogP) is 3.44. The smallest absolute Gasteiger partial charge is 0.273 e. The minimum Gasteiger partial charge on any atom is -0.496 e. The lowest BCUT2D eigenvalue weighted by molar-refractivity contribution is 0.410. The van der Waals surface area contributed by atoms with Crippen molar-refractivity contribution in [1.82, 2.24) is 4.98 Å². The number of hydrogen-bond acceptors (Lipinski definition) is 4. The van der Waals surface area contributed by atoms with Crippen molar-refractivity contribution in [3.63, 3.8) is 0 Å². The largest absolute Gasteiger partial charge is 0.496 e. The molecule has 0 aliphatic rings. The lowest BCUT2D eigenvalue weighted by atomic mass is 10.0. The molecule has 2 rings (SSSR count). The highest BCUT2D eigenvalue weighted by atomic mass is 32.1. The Balaban J connectivity index is 2.57. The molecule has 4 heteroatoms. The molecule has 0 N–H and O–H groups in total. The van der Waals surface area contributed by atoms with Gasteiger partial charge in [-0.15, -0.1) is 0 Å². The van der Waals surface area contributed by atoms with Crippen LogP contribution in [0.3, 0.4) is 0 Å². The molecule has 1 heterocycles. The highest BCUT2D eigenvalue weighted by Crippen LogP contribution is 2.35. The zero-order valence-electron chi connectivity index (χ0n) is 10.4. The first-order chi connectivity index (χ1) is 8.15. The summed E-state index contributed by atoms with van der Waals surface area (Å²) in [7, 11) is 3.31. The second-order valence-electron chi connectivity index (χ2n) is 3.87. The number of hydrogen-bond donors (Lipinski definition) is 0. The standard InChI is InChI=1S/C13H15NO2S/c1-8-5-9(2)12(15-3)10(6-8)11-7-17-13(14-11)16-4/h5-7H,1-4H3. The molecule has 1 aromatic carbocycles. The van der Waals surface area contributed by atoms with E-state index in [0.29, 0.717) is 5.19 Å². The summed E-state index contributed by atoms with van der Waals surface area (Å²) in [5, 5.41) is 2.65. The maximum atomic E-state index is 5.45. The number of methoxy groups -OCH3 is 2. The quantitative estimate of drug-likeness (QED) is 0.835.